The zero-order valence-corrected chi connectivity index (χ0v) is 15.9. The normalized spacial score (nSPS) is 17.9. The molecule has 140 valence electrons. The second-order valence-corrected chi connectivity index (χ2v) is 7.45. The summed E-state index contributed by atoms with van der Waals surface area (Å²) in [5.41, 5.74) is 3.13. The number of carbonyl (C=O) groups is 1. The van der Waals surface area contributed by atoms with Crippen LogP contribution in [-0.4, -0.2) is 64.0 Å². The van der Waals surface area contributed by atoms with Gasteiger partial charge in [0.05, 0.1) is 11.9 Å². The fraction of sp³-hybridized carbons (Fsp3) is 0.381. The molecule has 0 N–H and O–H groups in total. The summed E-state index contributed by atoms with van der Waals surface area (Å²) in [6, 6.07) is 12.0. The van der Waals surface area contributed by atoms with Crippen molar-refractivity contribution in [2.75, 3.05) is 33.7 Å². The Kier molecular flexibility index (Phi) is 4.90. The van der Waals surface area contributed by atoms with Crippen molar-refractivity contribution in [2.45, 2.75) is 12.8 Å². The molecule has 3 aromatic rings. The lowest BCUT2D eigenvalue weighted by Crippen LogP contribution is -2.40. The van der Waals surface area contributed by atoms with Crippen LogP contribution in [0.3, 0.4) is 0 Å². The van der Waals surface area contributed by atoms with Gasteiger partial charge in [0, 0.05) is 31.9 Å². The summed E-state index contributed by atoms with van der Waals surface area (Å²) in [6.45, 7) is 2.95. The minimum absolute atomic E-state index is 0.0176. The molecule has 0 spiro atoms. The van der Waals surface area contributed by atoms with Crippen LogP contribution in [0.25, 0.3) is 16.9 Å². The maximum atomic E-state index is 13.0. The summed E-state index contributed by atoms with van der Waals surface area (Å²) >= 11 is 0. The monoisotopic (exact) mass is 363 g/mol. The van der Waals surface area contributed by atoms with E-state index in [-0.39, 0.29) is 5.91 Å². The summed E-state index contributed by atoms with van der Waals surface area (Å²) in [6.07, 6.45) is 5.75. The van der Waals surface area contributed by atoms with Gasteiger partial charge in [-0.3, -0.25) is 4.79 Å². The van der Waals surface area contributed by atoms with Gasteiger partial charge in [-0.15, -0.1) is 0 Å². The minimum Gasteiger partial charge on any atom is -0.341 e. The van der Waals surface area contributed by atoms with Gasteiger partial charge in [0.2, 0.25) is 0 Å². The fourth-order valence-corrected chi connectivity index (χ4v) is 3.97. The lowest BCUT2D eigenvalue weighted by molar-refractivity contribution is 0.0742. The zero-order valence-electron chi connectivity index (χ0n) is 15.9. The number of fused-ring (bicyclic) bond motifs is 1. The van der Waals surface area contributed by atoms with Crippen LogP contribution < -0.4 is 0 Å². The van der Waals surface area contributed by atoms with Crippen molar-refractivity contribution >= 4 is 11.6 Å². The zero-order chi connectivity index (χ0) is 18.8. The first-order chi connectivity index (χ1) is 13.1. The van der Waals surface area contributed by atoms with Crippen LogP contribution >= 0.6 is 0 Å². The third-order valence-corrected chi connectivity index (χ3v) is 5.30. The first-order valence-electron chi connectivity index (χ1n) is 9.45. The summed E-state index contributed by atoms with van der Waals surface area (Å²) in [5, 5.41) is 4.46. The highest BCUT2D eigenvalue weighted by atomic mass is 16.2. The largest absolute Gasteiger partial charge is 0.341 e. The smallest absolute Gasteiger partial charge is 0.259 e. The van der Waals surface area contributed by atoms with Gasteiger partial charge in [0.25, 0.3) is 5.91 Å². The van der Waals surface area contributed by atoms with Crippen LogP contribution in [0.15, 0.2) is 48.8 Å². The van der Waals surface area contributed by atoms with Crippen molar-refractivity contribution < 1.29 is 4.79 Å². The number of hydrogen-bond acceptors (Lipinski definition) is 4. The number of benzene rings is 1. The number of aromatic nitrogens is 3. The highest BCUT2D eigenvalue weighted by Crippen LogP contribution is 2.22. The Balaban J connectivity index is 1.59. The molecule has 1 aromatic carbocycles. The van der Waals surface area contributed by atoms with Crippen LogP contribution in [0.1, 0.15) is 23.2 Å². The van der Waals surface area contributed by atoms with Crippen molar-refractivity contribution in [2.24, 2.45) is 5.92 Å². The van der Waals surface area contributed by atoms with Gasteiger partial charge in [0.15, 0.2) is 5.65 Å². The molecule has 4 rings (SSSR count). The van der Waals surface area contributed by atoms with Gasteiger partial charge >= 0.3 is 0 Å². The van der Waals surface area contributed by atoms with Gasteiger partial charge in [-0.1, -0.05) is 30.3 Å². The number of nitrogens with zero attached hydrogens (tertiary/aromatic N) is 5. The van der Waals surface area contributed by atoms with Crippen molar-refractivity contribution in [1.29, 1.82) is 0 Å². The molecular formula is C21H25N5O. The van der Waals surface area contributed by atoms with Crippen molar-refractivity contribution in [1.82, 2.24) is 24.4 Å². The standard InChI is InChI=1S/C21H25N5O/c1-24-12-6-7-16(14-24)15-25(2)21(27)18-13-23-26-19(10-11-22-20(18)26)17-8-4-3-5-9-17/h3-5,8-11,13,16H,6-7,12,14-15H2,1-2H3. The van der Waals surface area contributed by atoms with E-state index in [9.17, 15) is 4.79 Å². The highest BCUT2D eigenvalue weighted by Gasteiger charge is 2.24. The molecular weight excluding hydrogens is 338 g/mol. The van der Waals surface area contributed by atoms with E-state index in [0.29, 0.717) is 17.1 Å². The molecule has 2 aromatic heterocycles. The number of carbonyl (C=O) groups excluding carboxylic acids is 1. The molecule has 0 radical (unpaired) electrons. The third-order valence-electron chi connectivity index (χ3n) is 5.30. The maximum Gasteiger partial charge on any atom is 0.259 e. The van der Waals surface area contributed by atoms with Gasteiger partial charge in [0.1, 0.15) is 5.56 Å². The molecule has 1 fully saturated rings. The molecule has 1 atom stereocenters. The maximum absolute atomic E-state index is 13.0. The number of piperidine rings is 1. The Morgan fingerprint density at radius 2 is 2.07 bits per heavy atom. The molecule has 1 amide bonds. The molecule has 0 aliphatic carbocycles. The van der Waals surface area contributed by atoms with E-state index in [1.165, 1.54) is 12.8 Å². The van der Waals surface area contributed by atoms with Crippen LogP contribution in [0.4, 0.5) is 0 Å². The van der Waals surface area contributed by atoms with E-state index >= 15 is 0 Å². The summed E-state index contributed by atoms with van der Waals surface area (Å²) in [5.74, 6) is 0.503. The van der Waals surface area contributed by atoms with Crippen LogP contribution in [0.2, 0.25) is 0 Å². The van der Waals surface area contributed by atoms with E-state index in [0.717, 1.165) is 30.9 Å². The van der Waals surface area contributed by atoms with Crippen LogP contribution in [-0.2, 0) is 0 Å². The number of hydrogen-bond donors (Lipinski definition) is 0. The predicted molar refractivity (Wildman–Crippen MR) is 106 cm³/mol. The van der Waals surface area contributed by atoms with Crippen molar-refractivity contribution in [3.8, 4) is 11.3 Å². The third kappa shape index (κ3) is 3.57. The highest BCUT2D eigenvalue weighted by molar-refractivity contribution is 5.99. The molecule has 6 heteroatoms. The second-order valence-electron chi connectivity index (χ2n) is 7.45. The SMILES string of the molecule is CN1CCCC(CN(C)C(=O)c2cnn3c(-c4ccccc4)ccnc23)C1. The summed E-state index contributed by atoms with van der Waals surface area (Å²) in [7, 11) is 4.02. The predicted octanol–water partition coefficient (Wildman–Crippen LogP) is 2.81. The Morgan fingerprint density at radius 1 is 1.26 bits per heavy atom. The Labute approximate surface area is 159 Å². The molecule has 3 heterocycles. The van der Waals surface area contributed by atoms with Gasteiger partial charge in [-0.25, -0.2) is 9.50 Å². The Hall–Kier alpha value is -2.73. The van der Waals surface area contributed by atoms with E-state index in [1.54, 1.807) is 16.9 Å². The first kappa shape index (κ1) is 17.7. The van der Waals surface area contributed by atoms with E-state index in [4.69, 9.17) is 0 Å². The average molecular weight is 363 g/mol. The molecule has 1 saturated heterocycles. The van der Waals surface area contributed by atoms with Crippen LogP contribution in [0.5, 0.6) is 0 Å². The lowest BCUT2D eigenvalue weighted by atomic mass is 9.98. The Bertz CT molecular complexity index is 936. The molecule has 1 aliphatic heterocycles. The molecule has 0 bridgehead atoms. The minimum atomic E-state index is -0.0176. The number of likely N-dealkylation sites (tertiary alicyclic amines) is 1. The molecule has 6 nitrogen and oxygen atoms in total. The molecule has 1 unspecified atom stereocenters. The van der Waals surface area contributed by atoms with E-state index in [2.05, 4.69) is 22.0 Å². The van der Waals surface area contributed by atoms with Crippen molar-refractivity contribution in [3.05, 3.63) is 54.4 Å². The van der Waals surface area contributed by atoms with Gasteiger partial charge < -0.3 is 9.80 Å². The first-order valence-corrected chi connectivity index (χ1v) is 9.45. The molecule has 27 heavy (non-hydrogen) atoms. The Morgan fingerprint density at radius 3 is 2.85 bits per heavy atom. The van der Waals surface area contributed by atoms with Crippen molar-refractivity contribution in [3.63, 3.8) is 0 Å². The topological polar surface area (TPSA) is 53.7 Å². The lowest BCUT2D eigenvalue weighted by Gasteiger charge is -2.32. The van der Waals surface area contributed by atoms with Crippen LogP contribution in [0, 0.1) is 5.92 Å². The molecule has 1 aliphatic rings. The summed E-state index contributed by atoms with van der Waals surface area (Å²) in [4.78, 5) is 21.6. The molecule has 0 saturated carbocycles. The second kappa shape index (κ2) is 7.48. The fourth-order valence-electron chi connectivity index (χ4n) is 3.97. The van der Waals surface area contributed by atoms with Gasteiger partial charge in [-0.2, -0.15) is 5.10 Å². The van der Waals surface area contributed by atoms with E-state index < -0.39 is 0 Å². The van der Waals surface area contributed by atoms with E-state index in [1.807, 2.05) is 48.3 Å². The summed E-state index contributed by atoms with van der Waals surface area (Å²) < 4.78 is 1.75. The number of rotatable bonds is 4. The number of amides is 1. The quantitative estimate of drug-likeness (QED) is 0.715. The van der Waals surface area contributed by atoms with Gasteiger partial charge in [-0.05, 0) is 38.4 Å². The average Bonchev–Trinajstić information content (AvgIpc) is 3.12.